The van der Waals surface area contributed by atoms with Crippen LogP contribution in [-0.4, -0.2) is 30.8 Å². The second kappa shape index (κ2) is 7.24. The van der Waals surface area contributed by atoms with E-state index in [0.29, 0.717) is 6.61 Å². The Bertz CT molecular complexity index is 943. The number of ether oxygens (including phenoxy) is 1. The topological polar surface area (TPSA) is 26.3 Å². The van der Waals surface area contributed by atoms with Crippen LogP contribution in [0.3, 0.4) is 0 Å². The highest BCUT2D eigenvalue weighted by Gasteiger charge is 2.25. The molecular weight excluding hydrogens is 330 g/mol. The van der Waals surface area contributed by atoms with E-state index in [1.165, 1.54) is 0 Å². The molecule has 0 aliphatic carbocycles. The minimum Gasteiger partial charge on any atom is -0.325 e. The standard InChI is InChI=1S/C21H26NO2S/c1-5-22(4,6-2)15(3)24-14-16-11-12-20-18(13-16)21(23)17-9-7-8-10-19(17)25-20/h7-13,15H,5-6,14H2,1-4H3/q+1. The lowest BCUT2D eigenvalue weighted by molar-refractivity contribution is -0.950. The molecule has 3 nitrogen and oxygen atoms in total. The maximum Gasteiger partial charge on any atom is 0.195 e. The van der Waals surface area contributed by atoms with Gasteiger partial charge in [-0.3, -0.25) is 4.79 Å². The van der Waals surface area contributed by atoms with Crippen LogP contribution in [0.4, 0.5) is 0 Å². The van der Waals surface area contributed by atoms with Crippen molar-refractivity contribution < 1.29 is 9.22 Å². The van der Waals surface area contributed by atoms with Gasteiger partial charge in [0.1, 0.15) is 0 Å². The minimum atomic E-state index is 0.113. The first-order valence-electron chi connectivity index (χ1n) is 8.89. The lowest BCUT2D eigenvalue weighted by atomic mass is 10.1. The van der Waals surface area contributed by atoms with E-state index in [-0.39, 0.29) is 11.7 Å². The minimum absolute atomic E-state index is 0.113. The molecule has 0 aliphatic rings. The molecule has 0 amide bonds. The van der Waals surface area contributed by atoms with E-state index in [1.54, 1.807) is 11.3 Å². The fourth-order valence-corrected chi connectivity index (χ4v) is 4.13. The van der Waals surface area contributed by atoms with Crippen molar-refractivity contribution in [3.63, 3.8) is 0 Å². The summed E-state index contributed by atoms with van der Waals surface area (Å²) in [4.78, 5) is 12.8. The molecule has 3 rings (SSSR count). The number of hydrogen-bond donors (Lipinski definition) is 0. The molecule has 0 N–H and O–H groups in total. The molecular formula is C21H26NO2S+. The molecule has 0 radical (unpaired) electrons. The molecule has 4 heteroatoms. The van der Waals surface area contributed by atoms with Crippen LogP contribution in [-0.2, 0) is 11.3 Å². The molecule has 0 fully saturated rings. The van der Waals surface area contributed by atoms with Crippen molar-refractivity contribution >= 4 is 31.5 Å². The summed E-state index contributed by atoms with van der Waals surface area (Å²) >= 11 is 1.67. The number of nitrogens with zero attached hydrogens (tertiary/aromatic N) is 1. The third-order valence-corrected chi connectivity index (χ3v) is 6.61. The number of benzene rings is 2. The Kier molecular flexibility index (Phi) is 5.23. The molecule has 1 aromatic heterocycles. The van der Waals surface area contributed by atoms with Gasteiger partial charge in [-0.2, -0.15) is 0 Å². The molecule has 3 aromatic rings. The third-order valence-electron chi connectivity index (χ3n) is 5.45. The van der Waals surface area contributed by atoms with E-state index in [9.17, 15) is 4.79 Å². The van der Waals surface area contributed by atoms with Gasteiger partial charge in [0.15, 0.2) is 11.7 Å². The van der Waals surface area contributed by atoms with Gasteiger partial charge in [0.2, 0.25) is 0 Å². The van der Waals surface area contributed by atoms with Gasteiger partial charge in [-0.05, 0) is 43.7 Å². The summed E-state index contributed by atoms with van der Waals surface area (Å²) in [6, 6.07) is 13.9. The summed E-state index contributed by atoms with van der Waals surface area (Å²) in [6.07, 6.45) is 0.122. The SMILES string of the molecule is CC[N+](C)(CC)C(C)OCc1ccc2sc3ccccc3c(=O)c2c1. The lowest BCUT2D eigenvalue weighted by Crippen LogP contribution is -2.51. The van der Waals surface area contributed by atoms with Crippen LogP contribution >= 0.6 is 11.3 Å². The molecule has 0 bridgehead atoms. The van der Waals surface area contributed by atoms with Crippen molar-refractivity contribution in [2.75, 3.05) is 20.1 Å². The molecule has 1 heterocycles. The summed E-state index contributed by atoms with van der Waals surface area (Å²) in [7, 11) is 2.22. The molecule has 0 saturated carbocycles. The van der Waals surface area contributed by atoms with Crippen molar-refractivity contribution in [3.05, 3.63) is 58.3 Å². The Balaban J connectivity index is 1.90. The summed E-state index contributed by atoms with van der Waals surface area (Å²) in [5.74, 6) is 0. The van der Waals surface area contributed by atoms with Crippen molar-refractivity contribution in [1.29, 1.82) is 0 Å². The van der Waals surface area contributed by atoms with Crippen LogP contribution in [0, 0.1) is 0 Å². The number of quaternary nitrogens is 1. The van der Waals surface area contributed by atoms with E-state index in [4.69, 9.17) is 4.74 Å². The molecule has 132 valence electrons. The maximum atomic E-state index is 12.8. The van der Waals surface area contributed by atoms with Crippen LogP contribution in [0.5, 0.6) is 0 Å². The van der Waals surface area contributed by atoms with Crippen molar-refractivity contribution in [2.45, 2.75) is 33.6 Å². The Morgan fingerprint density at radius 3 is 2.44 bits per heavy atom. The highest BCUT2D eigenvalue weighted by Crippen LogP contribution is 2.25. The Hall–Kier alpha value is -1.75. The van der Waals surface area contributed by atoms with Gasteiger partial charge < -0.3 is 9.22 Å². The zero-order valence-electron chi connectivity index (χ0n) is 15.4. The van der Waals surface area contributed by atoms with Crippen molar-refractivity contribution in [3.8, 4) is 0 Å². The van der Waals surface area contributed by atoms with Crippen LogP contribution in [0.15, 0.2) is 47.3 Å². The summed E-state index contributed by atoms with van der Waals surface area (Å²) in [6.45, 7) is 9.11. The molecule has 0 saturated heterocycles. The Morgan fingerprint density at radius 2 is 1.72 bits per heavy atom. The molecule has 2 aromatic carbocycles. The molecule has 1 atom stereocenters. The fourth-order valence-electron chi connectivity index (χ4n) is 3.07. The normalized spacial score (nSPS) is 13.4. The Labute approximate surface area is 153 Å². The van der Waals surface area contributed by atoms with Gasteiger partial charge in [0.05, 0.1) is 26.7 Å². The van der Waals surface area contributed by atoms with Crippen molar-refractivity contribution in [2.24, 2.45) is 0 Å². The lowest BCUT2D eigenvalue weighted by Gasteiger charge is -2.37. The average molecular weight is 357 g/mol. The van der Waals surface area contributed by atoms with Crippen LogP contribution < -0.4 is 5.43 Å². The van der Waals surface area contributed by atoms with Gasteiger partial charge in [0, 0.05) is 27.1 Å². The molecule has 25 heavy (non-hydrogen) atoms. The van der Waals surface area contributed by atoms with Crippen LogP contribution in [0.2, 0.25) is 0 Å². The second-order valence-corrected chi connectivity index (χ2v) is 7.86. The van der Waals surface area contributed by atoms with Gasteiger partial charge in [-0.25, -0.2) is 0 Å². The zero-order chi connectivity index (χ0) is 18.0. The maximum absolute atomic E-state index is 12.8. The Morgan fingerprint density at radius 1 is 1.04 bits per heavy atom. The van der Waals surface area contributed by atoms with Crippen LogP contribution in [0.25, 0.3) is 20.2 Å². The van der Waals surface area contributed by atoms with E-state index in [2.05, 4.69) is 33.9 Å². The molecule has 1 unspecified atom stereocenters. The van der Waals surface area contributed by atoms with E-state index in [1.807, 2.05) is 36.4 Å². The largest absolute Gasteiger partial charge is 0.325 e. The van der Waals surface area contributed by atoms with Gasteiger partial charge in [0.25, 0.3) is 0 Å². The predicted molar refractivity (Wildman–Crippen MR) is 107 cm³/mol. The van der Waals surface area contributed by atoms with Crippen molar-refractivity contribution in [1.82, 2.24) is 0 Å². The first kappa shape index (κ1) is 18.1. The smallest absolute Gasteiger partial charge is 0.195 e. The first-order chi connectivity index (χ1) is 12.0. The number of hydrogen-bond acceptors (Lipinski definition) is 3. The highest BCUT2D eigenvalue weighted by molar-refractivity contribution is 7.24. The van der Waals surface area contributed by atoms with Gasteiger partial charge in [-0.15, -0.1) is 11.3 Å². The van der Waals surface area contributed by atoms with Gasteiger partial charge >= 0.3 is 0 Å². The zero-order valence-corrected chi connectivity index (χ0v) is 16.2. The number of fused-ring (bicyclic) bond motifs is 2. The molecule has 0 spiro atoms. The summed E-state index contributed by atoms with van der Waals surface area (Å²) in [5, 5.41) is 1.59. The third kappa shape index (κ3) is 3.47. The first-order valence-corrected chi connectivity index (χ1v) is 9.70. The quantitative estimate of drug-likeness (QED) is 0.361. The average Bonchev–Trinajstić information content (AvgIpc) is 2.65. The monoisotopic (exact) mass is 356 g/mol. The molecule has 0 aliphatic heterocycles. The predicted octanol–water partition coefficient (Wildman–Crippen LogP) is 4.76. The van der Waals surface area contributed by atoms with E-state index >= 15 is 0 Å². The number of rotatable bonds is 6. The fraction of sp³-hybridized carbons (Fsp3) is 0.381. The highest BCUT2D eigenvalue weighted by atomic mass is 32.1. The van der Waals surface area contributed by atoms with Crippen LogP contribution in [0.1, 0.15) is 26.3 Å². The summed E-state index contributed by atoms with van der Waals surface area (Å²) in [5.41, 5.74) is 1.17. The van der Waals surface area contributed by atoms with E-state index in [0.717, 1.165) is 43.3 Å². The van der Waals surface area contributed by atoms with Gasteiger partial charge in [-0.1, -0.05) is 18.2 Å². The summed E-state index contributed by atoms with van der Waals surface area (Å²) < 4.78 is 9.08. The van der Waals surface area contributed by atoms with E-state index < -0.39 is 0 Å². The second-order valence-electron chi connectivity index (χ2n) is 6.78.